The number of amides is 1. The minimum Gasteiger partial charge on any atom is -0.490 e. The van der Waals surface area contributed by atoms with Crippen molar-refractivity contribution >= 4 is 27.3 Å². The predicted molar refractivity (Wildman–Crippen MR) is 148 cm³/mol. The van der Waals surface area contributed by atoms with Gasteiger partial charge in [-0.2, -0.15) is 0 Å². The smallest absolute Gasteiger partial charge is 0.264 e. The third-order valence-corrected chi connectivity index (χ3v) is 8.03. The molecule has 0 aromatic heterocycles. The molecule has 1 aliphatic heterocycles. The first kappa shape index (κ1) is 27.3. The van der Waals surface area contributed by atoms with E-state index in [9.17, 15) is 13.2 Å². The van der Waals surface area contributed by atoms with Crippen LogP contribution in [0.3, 0.4) is 0 Å². The van der Waals surface area contributed by atoms with Gasteiger partial charge in [0, 0.05) is 17.8 Å². The van der Waals surface area contributed by atoms with Crippen LogP contribution in [0, 0.1) is 6.92 Å². The number of benzene rings is 3. The molecule has 1 aliphatic rings. The molecule has 0 saturated heterocycles. The number of hydrogen-bond acceptors (Lipinski definition) is 6. The molecule has 0 fully saturated rings. The third kappa shape index (κ3) is 5.72. The highest BCUT2D eigenvalue weighted by atomic mass is 32.2. The average molecular weight is 539 g/mol. The fourth-order valence-corrected chi connectivity index (χ4v) is 5.96. The van der Waals surface area contributed by atoms with Gasteiger partial charge in [-0.25, -0.2) is 8.42 Å². The maximum absolute atomic E-state index is 13.5. The summed E-state index contributed by atoms with van der Waals surface area (Å²) in [6.07, 6.45) is 1.48. The van der Waals surface area contributed by atoms with Gasteiger partial charge in [-0.05, 0) is 82.5 Å². The highest BCUT2D eigenvalue weighted by Gasteiger charge is 2.29. The van der Waals surface area contributed by atoms with E-state index in [2.05, 4.69) is 5.32 Å². The van der Waals surface area contributed by atoms with Crippen molar-refractivity contribution in [3.8, 4) is 17.2 Å². The summed E-state index contributed by atoms with van der Waals surface area (Å²) < 4.78 is 45.6. The number of carbonyl (C=O) groups excluding carboxylic acids is 1. The molecule has 3 aromatic rings. The van der Waals surface area contributed by atoms with Crippen molar-refractivity contribution in [2.45, 2.75) is 45.4 Å². The van der Waals surface area contributed by atoms with Gasteiger partial charge in [0.2, 0.25) is 5.75 Å². The molecule has 0 aliphatic carbocycles. The minimum absolute atomic E-state index is 0.242. The van der Waals surface area contributed by atoms with Crippen molar-refractivity contribution in [3.63, 3.8) is 0 Å². The molecule has 0 atom stereocenters. The Kier molecular flexibility index (Phi) is 8.46. The molecule has 38 heavy (non-hydrogen) atoms. The van der Waals surface area contributed by atoms with E-state index < -0.39 is 10.0 Å². The van der Waals surface area contributed by atoms with Crippen LogP contribution in [0.2, 0.25) is 0 Å². The number of nitrogens with one attached hydrogen (secondary N) is 1. The predicted octanol–water partition coefficient (Wildman–Crippen LogP) is 5.58. The minimum atomic E-state index is -3.75. The Morgan fingerprint density at radius 1 is 0.895 bits per heavy atom. The molecule has 0 bridgehead atoms. The summed E-state index contributed by atoms with van der Waals surface area (Å²) in [5.74, 6) is 0.926. The van der Waals surface area contributed by atoms with Crippen LogP contribution in [0.15, 0.2) is 59.5 Å². The number of sulfonamides is 1. The topological polar surface area (TPSA) is 94.2 Å². The van der Waals surface area contributed by atoms with Crippen LogP contribution in [0.1, 0.15) is 48.7 Å². The second-order valence-corrected chi connectivity index (χ2v) is 10.8. The van der Waals surface area contributed by atoms with Gasteiger partial charge in [-0.15, -0.1) is 0 Å². The zero-order chi connectivity index (χ0) is 27.3. The molecule has 9 heteroatoms. The number of hydrogen-bond donors (Lipinski definition) is 1. The molecular weight excluding hydrogens is 504 g/mol. The van der Waals surface area contributed by atoms with E-state index in [-0.39, 0.29) is 10.8 Å². The molecular formula is C29H34N2O6S. The lowest BCUT2D eigenvalue weighted by atomic mass is 10.0. The zero-order valence-corrected chi connectivity index (χ0v) is 23.1. The van der Waals surface area contributed by atoms with Gasteiger partial charge in [0.1, 0.15) is 0 Å². The normalized spacial score (nSPS) is 13.0. The van der Waals surface area contributed by atoms with Crippen molar-refractivity contribution < 1.29 is 27.4 Å². The van der Waals surface area contributed by atoms with Crippen LogP contribution >= 0.6 is 0 Å². The van der Waals surface area contributed by atoms with Gasteiger partial charge < -0.3 is 19.5 Å². The number of nitrogens with zero attached hydrogens (tertiary/aromatic N) is 1. The molecule has 1 amide bonds. The van der Waals surface area contributed by atoms with Crippen molar-refractivity contribution in [2.24, 2.45) is 0 Å². The molecule has 1 N–H and O–H groups in total. The van der Waals surface area contributed by atoms with Gasteiger partial charge in [-0.3, -0.25) is 9.10 Å². The number of aryl methyl sites for hydroxylation is 2. The second-order valence-electron chi connectivity index (χ2n) is 8.89. The standard InChI is InChI=1S/C29H34N2O6S/c1-5-35-26-17-22(18-27(36-6-2)28(26)37-7-3)29(32)30-23-13-12-21-9-8-16-31(25(21)19-23)38(33,34)24-14-10-20(4)11-15-24/h10-15,17-19H,5-9,16H2,1-4H3,(H,30,32). The summed E-state index contributed by atoms with van der Waals surface area (Å²) in [7, 11) is -3.75. The summed E-state index contributed by atoms with van der Waals surface area (Å²) in [5.41, 5.74) is 3.31. The highest BCUT2D eigenvalue weighted by Crippen LogP contribution is 2.40. The van der Waals surface area contributed by atoms with E-state index in [0.717, 1.165) is 24.0 Å². The first-order valence-electron chi connectivity index (χ1n) is 12.9. The molecule has 3 aromatic carbocycles. The Labute approximate surface area is 224 Å². The Morgan fingerprint density at radius 2 is 1.53 bits per heavy atom. The lowest BCUT2D eigenvalue weighted by molar-refractivity contribution is 0.102. The van der Waals surface area contributed by atoms with Crippen LogP contribution in [-0.4, -0.2) is 40.7 Å². The molecule has 0 spiro atoms. The van der Waals surface area contributed by atoms with Crippen molar-refractivity contribution in [2.75, 3.05) is 36.0 Å². The molecule has 1 heterocycles. The van der Waals surface area contributed by atoms with E-state index in [1.807, 2.05) is 33.8 Å². The van der Waals surface area contributed by atoms with Crippen LogP contribution < -0.4 is 23.8 Å². The fourth-order valence-electron chi connectivity index (χ4n) is 4.43. The van der Waals surface area contributed by atoms with E-state index in [4.69, 9.17) is 14.2 Å². The number of fused-ring (bicyclic) bond motifs is 1. The molecule has 8 nitrogen and oxygen atoms in total. The van der Waals surface area contributed by atoms with Gasteiger partial charge >= 0.3 is 0 Å². The molecule has 0 unspecified atom stereocenters. The summed E-state index contributed by atoms with van der Waals surface area (Å²) >= 11 is 0. The van der Waals surface area contributed by atoms with E-state index in [0.29, 0.717) is 60.6 Å². The zero-order valence-electron chi connectivity index (χ0n) is 22.2. The Hall–Kier alpha value is -3.72. The lowest BCUT2D eigenvalue weighted by Crippen LogP contribution is -2.35. The van der Waals surface area contributed by atoms with Gasteiger partial charge in [-0.1, -0.05) is 23.8 Å². The quantitative estimate of drug-likeness (QED) is 0.362. The number of carbonyl (C=O) groups is 1. The van der Waals surface area contributed by atoms with Gasteiger partial charge in [0.15, 0.2) is 11.5 Å². The van der Waals surface area contributed by atoms with Gasteiger partial charge in [0.05, 0.1) is 30.4 Å². The maximum Gasteiger partial charge on any atom is 0.264 e. The van der Waals surface area contributed by atoms with E-state index in [1.54, 1.807) is 48.5 Å². The summed E-state index contributed by atoms with van der Waals surface area (Å²) in [4.78, 5) is 13.5. The van der Waals surface area contributed by atoms with Crippen LogP contribution in [0.25, 0.3) is 0 Å². The lowest BCUT2D eigenvalue weighted by Gasteiger charge is -2.31. The molecule has 202 valence electrons. The summed E-state index contributed by atoms with van der Waals surface area (Å²) in [5, 5.41) is 2.91. The first-order chi connectivity index (χ1) is 18.3. The molecule has 0 saturated carbocycles. The Bertz CT molecular complexity index is 1380. The first-order valence-corrected chi connectivity index (χ1v) is 14.3. The third-order valence-electron chi connectivity index (χ3n) is 6.20. The monoisotopic (exact) mass is 538 g/mol. The van der Waals surface area contributed by atoms with Crippen molar-refractivity contribution in [1.82, 2.24) is 0 Å². The fraction of sp³-hybridized carbons (Fsp3) is 0.345. The van der Waals surface area contributed by atoms with Crippen LogP contribution in [0.5, 0.6) is 17.2 Å². The van der Waals surface area contributed by atoms with Crippen molar-refractivity contribution in [3.05, 3.63) is 71.3 Å². The molecule has 4 rings (SSSR count). The van der Waals surface area contributed by atoms with E-state index >= 15 is 0 Å². The van der Waals surface area contributed by atoms with E-state index in [1.165, 1.54) is 4.31 Å². The summed E-state index contributed by atoms with van der Waals surface area (Å²) in [6.45, 7) is 9.07. The Morgan fingerprint density at radius 3 is 2.13 bits per heavy atom. The van der Waals surface area contributed by atoms with Crippen LogP contribution in [0.4, 0.5) is 11.4 Å². The average Bonchev–Trinajstić information content (AvgIpc) is 2.90. The largest absolute Gasteiger partial charge is 0.490 e. The summed E-state index contributed by atoms with van der Waals surface area (Å²) in [6, 6.07) is 15.5. The van der Waals surface area contributed by atoms with Crippen LogP contribution in [-0.2, 0) is 16.4 Å². The Balaban J connectivity index is 1.65. The number of anilines is 2. The SMILES string of the molecule is CCOc1cc(C(=O)Nc2ccc3c(c2)N(S(=O)(=O)c2ccc(C)cc2)CCC3)cc(OCC)c1OCC. The highest BCUT2D eigenvalue weighted by molar-refractivity contribution is 7.92. The van der Waals surface area contributed by atoms with Crippen molar-refractivity contribution in [1.29, 1.82) is 0 Å². The molecule has 0 radical (unpaired) electrons. The van der Waals surface area contributed by atoms with Gasteiger partial charge in [0.25, 0.3) is 15.9 Å². The number of ether oxygens (including phenoxy) is 3. The number of rotatable bonds is 10. The second kappa shape index (κ2) is 11.8. The maximum atomic E-state index is 13.5.